The Bertz CT molecular complexity index is 384. The van der Waals surface area contributed by atoms with Gasteiger partial charge in [-0.1, -0.05) is 12.1 Å². The smallest absolute Gasteiger partial charge is 0.0432 e. The average Bonchev–Trinajstić information content (AvgIpc) is 2.61. The lowest BCUT2D eigenvalue weighted by Gasteiger charge is -2.03. The molecule has 13 heavy (non-hydrogen) atoms. The SMILES string of the molecule is Brc1ccccc1Sn1cccc1. The Balaban J connectivity index is 2.24. The monoisotopic (exact) mass is 253 g/mol. The average molecular weight is 254 g/mol. The predicted octanol–water partition coefficient (Wildman–Crippen LogP) is 3.81. The van der Waals surface area contributed by atoms with Crippen LogP contribution in [0, 0.1) is 0 Å². The zero-order valence-corrected chi connectivity index (χ0v) is 9.25. The van der Waals surface area contributed by atoms with Crippen molar-refractivity contribution in [3.05, 3.63) is 53.3 Å². The zero-order valence-electron chi connectivity index (χ0n) is 6.85. The molecule has 2 aromatic rings. The highest BCUT2D eigenvalue weighted by atomic mass is 79.9. The van der Waals surface area contributed by atoms with Crippen molar-refractivity contribution in [1.29, 1.82) is 0 Å². The summed E-state index contributed by atoms with van der Waals surface area (Å²) in [4.78, 5) is 1.22. The second-order valence-electron chi connectivity index (χ2n) is 2.56. The fraction of sp³-hybridized carbons (Fsp3) is 0. The fourth-order valence-corrected chi connectivity index (χ4v) is 2.30. The number of rotatable bonds is 2. The first kappa shape index (κ1) is 8.91. The normalized spacial score (nSPS) is 10.2. The van der Waals surface area contributed by atoms with Crippen LogP contribution >= 0.6 is 27.9 Å². The van der Waals surface area contributed by atoms with Gasteiger partial charge in [-0.25, -0.2) is 0 Å². The van der Waals surface area contributed by atoms with Crippen molar-refractivity contribution in [2.24, 2.45) is 0 Å². The van der Waals surface area contributed by atoms with Crippen LogP contribution in [0.4, 0.5) is 0 Å². The molecule has 0 aliphatic heterocycles. The molecule has 0 radical (unpaired) electrons. The Morgan fingerprint density at radius 1 is 1.00 bits per heavy atom. The molecular formula is C10H8BrNS. The van der Waals surface area contributed by atoms with Crippen LogP contribution in [0.2, 0.25) is 0 Å². The molecule has 0 saturated heterocycles. The molecule has 0 amide bonds. The highest BCUT2D eigenvalue weighted by Crippen LogP contribution is 2.27. The highest BCUT2D eigenvalue weighted by molar-refractivity contribution is 9.10. The van der Waals surface area contributed by atoms with Gasteiger partial charge < -0.3 is 0 Å². The summed E-state index contributed by atoms with van der Waals surface area (Å²) in [5, 5.41) is 0. The number of benzene rings is 1. The van der Waals surface area contributed by atoms with Gasteiger partial charge >= 0.3 is 0 Å². The lowest BCUT2D eigenvalue weighted by Crippen LogP contribution is -1.81. The Morgan fingerprint density at radius 2 is 1.69 bits per heavy atom. The second-order valence-corrected chi connectivity index (χ2v) is 4.46. The Morgan fingerprint density at radius 3 is 2.38 bits per heavy atom. The summed E-state index contributed by atoms with van der Waals surface area (Å²) in [5.74, 6) is 0. The van der Waals surface area contributed by atoms with Gasteiger partial charge in [0.15, 0.2) is 0 Å². The minimum Gasteiger partial charge on any atom is -0.295 e. The summed E-state index contributed by atoms with van der Waals surface area (Å²) >= 11 is 5.20. The van der Waals surface area contributed by atoms with E-state index in [1.807, 2.05) is 42.7 Å². The van der Waals surface area contributed by atoms with E-state index in [0.717, 1.165) is 4.47 Å². The first-order valence-corrected chi connectivity index (χ1v) is 5.49. The van der Waals surface area contributed by atoms with Crippen molar-refractivity contribution in [2.75, 3.05) is 0 Å². The van der Waals surface area contributed by atoms with Crippen molar-refractivity contribution in [3.8, 4) is 0 Å². The van der Waals surface area contributed by atoms with Gasteiger partial charge in [-0.15, -0.1) is 0 Å². The number of hydrogen-bond donors (Lipinski definition) is 0. The molecule has 0 aliphatic carbocycles. The molecule has 0 aliphatic rings. The number of hydrogen-bond acceptors (Lipinski definition) is 1. The van der Waals surface area contributed by atoms with Crippen molar-refractivity contribution in [3.63, 3.8) is 0 Å². The van der Waals surface area contributed by atoms with Gasteiger partial charge in [-0.2, -0.15) is 0 Å². The quantitative estimate of drug-likeness (QED) is 0.789. The van der Waals surface area contributed by atoms with Crippen molar-refractivity contribution >= 4 is 27.9 Å². The Hall–Kier alpha value is -0.670. The van der Waals surface area contributed by atoms with Crippen molar-refractivity contribution < 1.29 is 0 Å². The van der Waals surface area contributed by atoms with E-state index in [4.69, 9.17) is 0 Å². The topological polar surface area (TPSA) is 4.93 Å². The predicted molar refractivity (Wildman–Crippen MR) is 59.8 cm³/mol. The van der Waals surface area contributed by atoms with Crippen LogP contribution in [-0.2, 0) is 0 Å². The van der Waals surface area contributed by atoms with Gasteiger partial charge in [0.05, 0.1) is 0 Å². The molecule has 0 atom stereocenters. The molecule has 0 N–H and O–H groups in total. The Labute approximate surface area is 90.0 Å². The summed E-state index contributed by atoms with van der Waals surface area (Å²) in [6.07, 6.45) is 4.06. The number of nitrogens with zero attached hydrogens (tertiary/aromatic N) is 1. The standard InChI is InChI=1S/C10H8BrNS/c11-9-5-1-2-6-10(9)13-12-7-3-4-8-12/h1-8H. The summed E-state index contributed by atoms with van der Waals surface area (Å²) in [6.45, 7) is 0. The Kier molecular flexibility index (Phi) is 2.76. The molecule has 0 unspecified atom stereocenters. The molecular weight excluding hydrogens is 246 g/mol. The zero-order chi connectivity index (χ0) is 9.10. The molecule has 1 heterocycles. The molecule has 0 fully saturated rings. The maximum absolute atomic E-state index is 3.51. The molecule has 0 bridgehead atoms. The molecule has 1 nitrogen and oxygen atoms in total. The van der Waals surface area contributed by atoms with E-state index in [9.17, 15) is 0 Å². The summed E-state index contributed by atoms with van der Waals surface area (Å²) < 4.78 is 3.20. The maximum atomic E-state index is 3.51. The van der Waals surface area contributed by atoms with Crippen LogP contribution in [0.1, 0.15) is 0 Å². The van der Waals surface area contributed by atoms with Gasteiger partial charge in [-0.05, 0) is 52.1 Å². The third-order valence-corrected chi connectivity index (χ3v) is 3.58. The lowest BCUT2D eigenvalue weighted by atomic mass is 10.4. The van der Waals surface area contributed by atoms with Crippen LogP contribution in [0.5, 0.6) is 0 Å². The molecule has 1 aromatic heterocycles. The van der Waals surface area contributed by atoms with Gasteiger partial charge in [-0.3, -0.25) is 3.97 Å². The molecule has 66 valence electrons. The van der Waals surface area contributed by atoms with E-state index < -0.39 is 0 Å². The molecule has 0 saturated carbocycles. The number of halogens is 1. The van der Waals surface area contributed by atoms with Crippen LogP contribution in [0.25, 0.3) is 0 Å². The second kappa shape index (κ2) is 4.03. The van der Waals surface area contributed by atoms with E-state index in [1.54, 1.807) is 11.9 Å². The van der Waals surface area contributed by atoms with Crippen LogP contribution < -0.4 is 0 Å². The molecule has 3 heteroatoms. The van der Waals surface area contributed by atoms with E-state index in [1.165, 1.54) is 4.90 Å². The third kappa shape index (κ3) is 2.17. The third-order valence-electron chi connectivity index (χ3n) is 1.62. The first-order valence-electron chi connectivity index (χ1n) is 3.92. The van der Waals surface area contributed by atoms with E-state index in [-0.39, 0.29) is 0 Å². The van der Waals surface area contributed by atoms with Crippen LogP contribution in [0.3, 0.4) is 0 Å². The number of aromatic nitrogens is 1. The van der Waals surface area contributed by atoms with E-state index >= 15 is 0 Å². The van der Waals surface area contributed by atoms with E-state index in [2.05, 4.69) is 26.0 Å². The lowest BCUT2D eigenvalue weighted by molar-refractivity contribution is 1.26. The molecule has 0 spiro atoms. The minimum atomic E-state index is 1.13. The maximum Gasteiger partial charge on any atom is 0.0432 e. The molecule has 2 rings (SSSR count). The summed E-state index contributed by atoms with van der Waals surface area (Å²) in [6, 6.07) is 12.2. The van der Waals surface area contributed by atoms with Gasteiger partial charge in [0.2, 0.25) is 0 Å². The fourth-order valence-electron chi connectivity index (χ4n) is 1.01. The van der Waals surface area contributed by atoms with E-state index in [0.29, 0.717) is 0 Å². The molecule has 1 aromatic carbocycles. The highest BCUT2D eigenvalue weighted by Gasteiger charge is 1.98. The van der Waals surface area contributed by atoms with Crippen molar-refractivity contribution in [2.45, 2.75) is 4.90 Å². The van der Waals surface area contributed by atoms with Gasteiger partial charge in [0.1, 0.15) is 0 Å². The van der Waals surface area contributed by atoms with Crippen LogP contribution in [-0.4, -0.2) is 3.97 Å². The minimum absolute atomic E-state index is 1.13. The summed E-state index contributed by atoms with van der Waals surface area (Å²) in [5.41, 5.74) is 0. The van der Waals surface area contributed by atoms with Gasteiger partial charge in [0, 0.05) is 21.8 Å². The first-order chi connectivity index (χ1) is 6.36. The van der Waals surface area contributed by atoms with Crippen LogP contribution in [0.15, 0.2) is 58.2 Å². The van der Waals surface area contributed by atoms with Crippen molar-refractivity contribution in [1.82, 2.24) is 3.97 Å². The summed E-state index contributed by atoms with van der Waals surface area (Å²) in [7, 11) is 0. The largest absolute Gasteiger partial charge is 0.295 e. The van der Waals surface area contributed by atoms with Gasteiger partial charge in [0.25, 0.3) is 0 Å².